The van der Waals surface area contributed by atoms with Gasteiger partial charge in [0.05, 0.1) is 5.69 Å². The summed E-state index contributed by atoms with van der Waals surface area (Å²) < 4.78 is 1.81. The van der Waals surface area contributed by atoms with Gasteiger partial charge in [0.15, 0.2) is 0 Å². The zero-order chi connectivity index (χ0) is 14.4. The minimum Gasteiger partial charge on any atom is -0.332 e. The summed E-state index contributed by atoms with van der Waals surface area (Å²) in [5.74, 6) is -0.0533. The van der Waals surface area contributed by atoms with Crippen LogP contribution >= 0.6 is 0 Å². The van der Waals surface area contributed by atoms with Gasteiger partial charge in [0, 0.05) is 37.5 Å². The van der Waals surface area contributed by atoms with Crippen LogP contribution in [-0.4, -0.2) is 33.7 Å². The van der Waals surface area contributed by atoms with Crippen molar-refractivity contribution in [1.29, 1.82) is 0 Å². The lowest BCUT2D eigenvalue weighted by molar-refractivity contribution is -0.124. The fraction of sp³-hybridized carbons (Fsp3) is 0.333. The van der Waals surface area contributed by atoms with Gasteiger partial charge < -0.3 is 4.90 Å². The van der Waals surface area contributed by atoms with Crippen molar-refractivity contribution in [3.8, 4) is 0 Å². The summed E-state index contributed by atoms with van der Waals surface area (Å²) >= 11 is 0. The van der Waals surface area contributed by atoms with E-state index in [4.69, 9.17) is 0 Å². The van der Waals surface area contributed by atoms with Crippen molar-refractivity contribution in [2.45, 2.75) is 13.8 Å². The van der Waals surface area contributed by atoms with E-state index in [9.17, 15) is 4.79 Å². The molecule has 0 aliphatic carbocycles. The van der Waals surface area contributed by atoms with Crippen molar-refractivity contribution >= 4 is 12.0 Å². The van der Waals surface area contributed by atoms with Gasteiger partial charge in [-0.05, 0) is 19.9 Å². The van der Waals surface area contributed by atoms with Crippen LogP contribution in [0.4, 0.5) is 0 Å². The zero-order valence-corrected chi connectivity index (χ0v) is 11.9. The number of aromatic nitrogens is 2. The molecule has 0 aliphatic heterocycles. The van der Waals surface area contributed by atoms with Crippen LogP contribution in [0.3, 0.4) is 0 Å². The van der Waals surface area contributed by atoms with E-state index in [0.717, 1.165) is 17.0 Å². The van der Waals surface area contributed by atoms with Gasteiger partial charge in [-0.2, -0.15) is 5.10 Å². The van der Waals surface area contributed by atoms with Crippen LogP contribution in [0.25, 0.3) is 6.08 Å². The molecule has 0 saturated carbocycles. The lowest BCUT2D eigenvalue weighted by Gasteiger charge is -2.16. The Bertz CT molecular complexity index is 502. The lowest BCUT2D eigenvalue weighted by Crippen LogP contribution is -2.29. The van der Waals surface area contributed by atoms with E-state index in [2.05, 4.69) is 18.3 Å². The number of hydrogen-bond donors (Lipinski definition) is 0. The van der Waals surface area contributed by atoms with E-state index in [0.29, 0.717) is 13.1 Å². The van der Waals surface area contributed by atoms with Crippen molar-refractivity contribution in [1.82, 2.24) is 14.7 Å². The Kier molecular flexibility index (Phi) is 5.30. The number of nitrogens with zero attached hydrogens (tertiary/aromatic N) is 3. The molecule has 0 unspecified atom stereocenters. The number of carbonyl (C=O) groups is 1. The molecule has 102 valence electrons. The van der Waals surface area contributed by atoms with Crippen LogP contribution in [0.15, 0.2) is 31.4 Å². The van der Waals surface area contributed by atoms with Gasteiger partial charge in [-0.25, -0.2) is 0 Å². The molecule has 0 N–H and O–H groups in total. The third kappa shape index (κ3) is 3.68. The highest BCUT2D eigenvalue weighted by atomic mass is 16.2. The van der Waals surface area contributed by atoms with E-state index < -0.39 is 0 Å². The van der Waals surface area contributed by atoms with Gasteiger partial charge in [-0.15, -0.1) is 13.2 Å². The van der Waals surface area contributed by atoms with Crippen LogP contribution < -0.4 is 0 Å². The minimum atomic E-state index is -0.0533. The normalized spacial score (nSPS) is 10.7. The Balaban J connectivity index is 2.87. The second-order valence-corrected chi connectivity index (χ2v) is 4.36. The SMILES string of the molecule is C=CCN(CC=C)C(=O)C=Cc1c(C)nn(C)c1C. The van der Waals surface area contributed by atoms with Gasteiger partial charge in [0.1, 0.15) is 0 Å². The Hall–Kier alpha value is -2.10. The quantitative estimate of drug-likeness (QED) is 0.580. The Labute approximate surface area is 114 Å². The molecule has 0 aromatic carbocycles. The zero-order valence-electron chi connectivity index (χ0n) is 11.9. The van der Waals surface area contributed by atoms with E-state index in [1.54, 1.807) is 23.1 Å². The summed E-state index contributed by atoms with van der Waals surface area (Å²) in [6.45, 7) is 12.2. The fourth-order valence-electron chi connectivity index (χ4n) is 1.86. The number of aryl methyl sites for hydroxylation is 2. The first-order valence-electron chi connectivity index (χ1n) is 6.20. The average Bonchev–Trinajstić information content (AvgIpc) is 2.61. The van der Waals surface area contributed by atoms with E-state index in [1.807, 2.05) is 31.7 Å². The van der Waals surface area contributed by atoms with Crippen molar-refractivity contribution in [2.24, 2.45) is 7.05 Å². The maximum absolute atomic E-state index is 12.0. The maximum Gasteiger partial charge on any atom is 0.247 e. The maximum atomic E-state index is 12.0. The molecule has 1 amide bonds. The average molecular weight is 259 g/mol. The third-order valence-corrected chi connectivity index (χ3v) is 2.97. The van der Waals surface area contributed by atoms with Crippen molar-refractivity contribution in [2.75, 3.05) is 13.1 Å². The highest BCUT2D eigenvalue weighted by Gasteiger charge is 2.09. The first kappa shape index (κ1) is 15.0. The van der Waals surface area contributed by atoms with Crippen molar-refractivity contribution in [3.05, 3.63) is 48.3 Å². The molecule has 0 atom stereocenters. The largest absolute Gasteiger partial charge is 0.332 e. The first-order chi connectivity index (χ1) is 9.01. The number of rotatable bonds is 6. The van der Waals surface area contributed by atoms with Gasteiger partial charge in [0.25, 0.3) is 0 Å². The van der Waals surface area contributed by atoms with Crippen molar-refractivity contribution < 1.29 is 4.79 Å². The topological polar surface area (TPSA) is 38.1 Å². The van der Waals surface area contributed by atoms with E-state index in [1.165, 1.54) is 0 Å². The molecular weight excluding hydrogens is 238 g/mol. The third-order valence-electron chi connectivity index (χ3n) is 2.97. The van der Waals surface area contributed by atoms with E-state index >= 15 is 0 Å². The monoisotopic (exact) mass is 259 g/mol. The summed E-state index contributed by atoms with van der Waals surface area (Å²) in [5, 5.41) is 4.31. The molecule has 4 heteroatoms. The number of carbonyl (C=O) groups excluding carboxylic acids is 1. The molecule has 1 rings (SSSR count). The van der Waals surface area contributed by atoms with E-state index in [-0.39, 0.29) is 5.91 Å². The van der Waals surface area contributed by atoms with Crippen LogP contribution in [0.2, 0.25) is 0 Å². The molecule has 0 saturated heterocycles. The Morgan fingerprint density at radius 1 is 1.32 bits per heavy atom. The highest BCUT2D eigenvalue weighted by molar-refractivity contribution is 5.92. The van der Waals surface area contributed by atoms with Crippen molar-refractivity contribution in [3.63, 3.8) is 0 Å². The molecule has 0 bridgehead atoms. The van der Waals surface area contributed by atoms with Crippen LogP contribution in [0.1, 0.15) is 17.0 Å². The second-order valence-electron chi connectivity index (χ2n) is 4.36. The Morgan fingerprint density at radius 2 is 1.89 bits per heavy atom. The fourth-order valence-corrected chi connectivity index (χ4v) is 1.86. The van der Waals surface area contributed by atoms with Crippen LogP contribution in [0, 0.1) is 13.8 Å². The number of amides is 1. The van der Waals surface area contributed by atoms with Gasteiger partial charge in [-0.3, -0.25) is 9.48 Å². The van der Waals surface area contributed by atoms with Gasteiger partial charge >= 0.3 is 0 Å². The van der Waals surface area contributed by atoms with Gasteiger partial charge in [0.2, 0.25) is 5.91 Å². The lowest BCUT2D eigenvalue weighted by atomic mass is 10.2. The molecule has 0 radical (unpaired) electrons. The molecule has 19 heavy (non-hydrogen) atoms. The molecule has 4 nitrogen and oxygen atoms in total. The molecule has 1 aromatic heterocycles. The molecule has 1 heterocycles. The predicted octanol–water partition coefficient (Wildman–Crippen LogP) is 2.25. The van der Waals surface area contributed by atoms with Gasteiger partial charge in [-0.1, -0.05) is 12.2 Å². The second kappa shape index (κ2) is 6.73. The Morgan fingerprint density at radius 3 is 2.32 bits per heavy atom. The smallest absolute Gasteiger partial charge is 0.247 e. The molecule has 0 aliphatic rings. The molecule has 1 aromatic rings. The molecule has 0 spiro atoms. The molecular formula is C15H21N3O. The van der Waals surface area contributed by atoms with Crippen LogP contribution in [-0.2, 0) is 11.8 Å². The summed E-state index contributed by atoms with van der Waals surface area (Å²) in [6, 6.07) is 0. The summed E-state index contributed by atoms with van der Waals surface area (Å²) in [5.41, 5.74) is 2.96. The summed E-state index contributed by atoms with van der Waals surface area (Å²) in [7, 11) is 1.89. The predicted molar refractivity (Wildman–Crippen MR) is 78.7 cm³/mol. The standard InChI is InChI=1S/C15H21N3O/c1-6-10-18(11-7-2)15(19)9-8-14-12(3)16-17(5)13(14)4/h6-9H,1-2,10-11H2,3-5H3. The first-order valence-corrected chi connectivity index (χ1v) is 6.20. The number of hydrogen-bond acceptors (Lipinski definition) is 2. The summed E-state index contributed by atoms with van der Waals surface area (Å²) in [6.07, 6.45) is 6.80. The highest BCUT2D eigenvalue weighted by Crippen LogP contribution is 2.13. The van der Waals surface area contributed by atoms with Crippen LogP contribution in [0.5, 0.6) is 0 Å². The summed E-state index contributed by atoms with van der Waals surface area (Å²) in [4.78, 5) is 13.7. The molecule has 0 fully saturated rings. The minimum absolute atomic E-state index is 0.0533.